The number of hydrogen-bond donors (Lipinski definition) is 2. The summed E-state index contributed by atoms with van der Waals surface area (Å²) >= 11 is 11.6. The Kier molecular flexibility index (Phi) is 6.62. The lowest BCUT2D eigenvalue weighted by Crippen LogP contribution is -2.29. The van der Waals surface area contributed by atoms with Gasteiger partial charge < -0.3 is 15.2 Å². The van der Waals surface area contributed by atoms with Crippen molar-refractivity contribution >= 4 is 35.1 Å². The summed E-state index contributed by atoms with van der Waals surface area (Å²) in [5.41, 5.74) is 0.748. The quantitative estimate of drug-likeness (QED) is 0.753. The third-order valence-corrected chi connectivity index (χ3v) is 2.88. The highest BCUT2D eigenvalue weighted by atomic mass is 35.5. The maximum absolute atomic E-state index is 11.5. The fourth-order valence-electron chi connectivity index (χ4n) is 1.32. The first kappa shape index (κ1) is 15.8. The van der Waals surface area contributed by atoms with Gasteiger partial charge in [-0.1, -0.05) is 29.3 Å². The van der Waals surface area contributed by atoms with Gasteiger partial charge in [0.15, 0.2) is 0 Å². The molecule has 0 unspecified atom stereocenters. The maximum atomic E-state index is 11.5. The zero-order valence-electron chi connectivity index (χ0n) is 9.99. The minimum atomic E-state index is -1.04. The summed E-state index contributed by atoms with van der Waals surface area (Å²) in [6, 6.07) is 4.97. The van der Waals surface area contributed by atoms with Crippen LogP contribution in [0.4, 0.5) is 0 Å². The average molecular weight is 306 g/mol. The van der Waals surface area contributed by atoms with E-state index in [4.69, 9.17) is 33.0 Å². The Hall–Kier alpha value is -1.30. The van der Waals surface area contributed by atoms with E-state index in [1.165, 1.54) is 0 Å². The van der Waals surface area contributed by atoms with Crippen molar-refractivity contribution in [3.63, 3.8) is 0 Å². The monoisotopic (exact) mass is 305 g/mol. The molecule has 104 valence electrons. The highest BCUT2D eigenvalue weighted by Gasteiger charge is 2.05. The number of halogens is 2. The molecule has 0 atom stereocenters. The largest absolute Gasteiger partial charge is 0.480 e. The molecule has 0 aromatic heterocycles. The van der Waals surface area contributed by atoms with Crippen LogP contribution in [-0.4, -0.2) is 36.7 Å². The van der Waals surface area contributed by atoms with Crippen molar-refractivity contribution in [1.29, 1.82) is 0 Å². The Morgan fingerprint density at radius 1 is 1.26 bits per heavy atom. The maximum Gasteiger partial charge on any atom is 0.329 e. The van der Waals surface area contributed by atoms with Crippen LogP contribution in [0.15, 0.2) is 18.2 Å². The van der Waals surface area contributed by atoms with Gasteiger partial charge in [0.2, 0.25) is 5.91 Å². The molecule has 5 nitrogen and oxygen atoms in total. The number of ether oxygens (including phenoxy) is 1. The summed E-state index contributed by atoms with van der Waals surface area (Å²) in [5.74, 6) is -1.24. The molecule has 19 heavy (non-hydrogen) atoms. The molecule has 0 heterocycles. The van der Waals surface area contributed by atoms with Gasteiger partial charge in [0, 0.05) is 6.54 Å². The minimum Gasteiger partial charge on any atom is -0.480 e. The van der Waals surface area contributed by atoms with Crippen molar-refractivity contribution < 1.29 is 19.4 Å². The SMILES string of the molecule is O=C(O)COCCNC(=O)Cc1ccc(Cl)c(Cl)c1. The van der Waals surface area contributed by atoms with Gasteiger partial charge in [-0.05, 0) is 17.7 Å². The van der Waals surface area contributed by atoms with Crippen molar-refractivity contribution in [2.45, 2.75) is 6.42 Å². The molecule has 0 aliphatic carbocycles. The van der Waals surface area contributed by atoms with Crippen LogP contribution in [0.2, 0.25) is 10.0 Å². The van der Waals surface area contributed by atoms with Gasteiger partial charge in [-0.25, -0.2) is 4.79 Å². The summed E-state index contributed by atoms with van der Waals surface area (Å²) in [6.45, 7) is 0.0372. The lowest BCUT2D eigenvalue weighted by Gasteiger charge is -2.06. The normalized spacial score (nSPS) is 10.2. The molecule has 0 aliphatic heterocycles. The molecule has 0 fully saturated rings. The number of hydrogen-bond acceptors (Lipinski definition) is 3. The summed E-state index contributed by atoms with van der Waals surface area (Å²) in [4.78, 5) is 21.7. The second kappa shape index (κ2) is 7.99. The van der Waals surface area contributed by atoms with Gasteiger partial charge in [-0.15, -0.1) is 0 Å². The molecule has 1 amide bonds. The minimum absolute atomic E-state index is 0.152. The van der Waals surface area contributed by atoms with E-state index in [9.17, 15) is 9.59 Å². The van der Waals surface area contributed by atoms with E-state index in [0.717, 1.165) is 5.56 Å². The van der Waals surface area contributed by atoms with E-state index in [0.29, 0.717) is 10.0 Å². The summed E-state index contributed by atoms with van der Waals surface area (Å²) < 4.78 is 4.78. The molecular weight excluding hydrogens is 293 g/mol. The molecular formula is C12H13Cl2NO4. The molecule has 2 N–H and O–H groups in total. The Labute approximate surface area is 120 Å². The van der Waals surface area contributed by atoms with Gasteiger partial charge in [0.25, 0.3) is 0 Å². The Morgan fingerprint density at radius 3 is 2.63 bits per heavy atom. The van der Waals surface area contributed by atoms with E-state index in [-0.39, 0.29) is 32.1 Å². The van der Waals surface area contributed by atoms with Gasteiger partial charge >= 0.3 is 5.97 Å². The third-order valence-electron chi connectivity index (χ3n) is 2.14. The van der Waals surface area contributed by atoms with Gasteiger partial charge in [0.05, 0.1) is 23.1 Å². The number of amides is 1. The zero-order chi connectivity index (χ0) is 14.3. The number of nitrogens with one attached hydrogen (secondary N) is 1. The first-order chi connectivity index (χ1) is 8.99. The van der Waals surface area contributed by atoms with Crippen molar-refractivity contribution in [1.82, 2.24) is 5.32 Å². The summed E-state index contributed by atoms with van der Waals surface area (Å²) in [6.07, 6.45) is 0.176. The highest BCUT2D eigenvalue weighted by molar-refractivity contribution is 6.42. The van der Waals surface area contributed by atoms with Crippen LogP contribution >= 0.6 is 23.2 Å². The molecule has 0 saturated carbocycles. The number of carboxylic acid groups (broad SMARTS) is 1. The summed E-state index contributed by atoms with van der Waals surface area (Å²) in [7, 11) is 0. The van der Waals surface area contributed by atoms with Crippen molar-refractivity contribution in [2.75, 3.05) is 19.8 Å². The second-order valence-electron chi connectivity index (χ2n) is 3.72. The molecule has 0 radical (unpaired) electrons. The number of carboxylic acids is 1. The first-order valence-corrected chi connectivity index (χ1v) is 6.25. The average Bonchev–Trinajstić information content (AvgIpc) is 2.33. The molecule has 7 heteroatoms. The Morgan fingerprint density at radius 2 is 2.00 bits per heavy atom. The van der Waals surface area contributed by atoms with E-state index < -0.39 is 5.97 Å². The highest BCUT2D eigenvalue weighted by Crippen LogP contribution is 2.22. The predicted octanol–water partition coefficient (Wildman–Crippen LogP) is 1.75. The first-order valence-electron chi connectivity index (χ1n) is 5.49. The van der Waals surface area contributed by atoms with Crippen molar-refractivity contribution in [3.8, 4) is 0 Å². The number of rotatable bonds is 7. The molecule has 0 saturated heterocycles. The standard InChI is InChI=1S/C12H13Cl2NO4/c13-9-2-1-8(5-10(9)14)6-11(16)15-3-4-19-7-12(17)18/h1-2,5H,3-4,6-7H2,(H,15,16)(H,17,18). The zero-order valence-corrected chi connectivity index (χ0v) is 11.5. The lowest BCUT2D eigenvalue weighted by atomic mass is 10.1. The van der Waals surface area contributed by atoms with Crippen LogP contribution in [0.3, 0.4) is 0 Å². The number of carbonyl (C=O) groups excluding carboxylic acids is 1. The molecule has 0 aliphatic rings. The third kappa shape index (κ3) is 6.42. The fraction of sp³-hybridized carbons (Fsp3) is 0.333. The van der Waals surface area contributed by atoms with E-state index >= 15 is 0 Å². The number of aliphatic carboxylic acids is 1. The van der Waals surface area contributed by atoms with Crippen LogP contribution in [0.25, 0.3) is 0 Å². The van der Waals surface area contributed by atoms with Crippen LogP contribution in [-0.2, 0) is 20.7 Å². The van der Waals surface area contributed by atoms with Gasteiger partial charge in [-0.2, -0.15) is 0 Å². The van der Waals surface area contributed by atoms with E-state index in [1.54, 1.807) is 18.2 Å². The van der Waals surface area contributed by atoms with Gasteiger partial charge in [-0.3, -0.25) is 4.79 Å². The Balaban J connectivity index is 2.27. The van der Waals surface area contributed by atoms with Crippen LogP contribution in [0, 0.1) is 0 Å². The van der Waals surface area contributed by atoms with Crippen LogP contribution in [0.5, 0.6) is 0 Å². The lowest BCUT2D eigenvalue weighted by molar-refractivity contribution is -0.142. The Bertz CT molecular complexity index is 465. The van der Waals surface area contributed by atoms with Crippen molar-refractivity contribution in [2.24, 2.45) is 0 Å². The van der Waals surface area contributed by atoms with Gasteiger partial charge in [0.1, 0.15) is 6.61 Å². The summed E-state index contributed by atoms with van der Waals surface area (Å²) in [5, 5.41) is 11.8. The molecule has 1 aromatic rings. The molecule has 0 bridgehead atoms. The topological polar surface area (TPSA) is 75.6 Å². The fourth-order valence-corrected chi connectivity index (χ4v) is 1.64. The van der Waals surface area contributed by atoms with Crippen LogP contribution < -0.4 is 5.32 Å². The second-order valence-corrected chi connectivity index (χ2v) is 4.54. The van der Waals surface area contributed by atoms with E-state index in [2.05, 4.69) is 5.32 Å². The van der Waals surface area contributed by atoms with E-state index in [1.807, 2.05) is 0 Å². The molecule has 0 spiro atoms. The number of benzene rings is 1. The van der Waals surface area contributed by atoms with Crippen molar-refractivity contribution in [3.05, 3.63) is 33.8 Å². The smallest absolute Gasteiger partial charge is 0.329 e. The predicted molar refractivity (Wildman–Crippen MR) is 71.6 cm³/mol. The van der Waals surface area contributed by atoms with Crippen LogP contribution in [0.1, 0.15) is 5.56 Å². The molecule has 1 aromatic carbocycles. The molecule has 1 rings (SSSR count). The number of carbonyl (C=O) groups is 2.